The second-order valence-corrected chi connectivity index (χ2v) is 9.76. The van der Waals surface area contributed by atoms with Crippen LogP contribution in [-0.4, -0.2) is 31.7 Å². The maximum atomic E-state index is 12.9. The number of sulfonamides is 1. The molecule has 1 heterocycles. The zero-order valence-corrected chi connectivity index (χ0v) is 17.8. The molecule has 7 heteroatoms. The highest BCUT2D eigenvalue weighted by Crippen LogP contribution is 2.26. The average Bonchev–Trinajstić information content (AvgIpc) is 2.65. The Morgan fingerprint density at radius 2 is 1.85 bits per heavy atom. The van der Waals surface area contributed by atoms with Crippen LogP contribution < -0.4 is 5.32 Å². The van der Waals surface area contributed by atoms with Gasteiger partial charge in [0.25, 0.3) is 0 Å². The fraction of sp³-hybridized carbons (Fsp3) is 0.350. The molecule has 1 N–H and O–H groups in total. The topological polar surface area (TPSA) is 66.5 Å². The summed E-state index contributed by atoms with van der Waals surface area (Å²) < 4.78 is 28.2. The third-order valence-corrected chi connectivity index (χ3v) is 7.61. The third-order valence-electron chi connectivity index (χ3n) is 4.84. The van der Waals surface area contributed by atoms with E-state index in [9.17, 15) is 13.2 Å². The van der Waals surface area contributed by atoms with Crippen LogP contribution in [-0.2, 0) is 14.8 Å². The summed E-state index contributed by atoms with van der Waals surface area (Å²) in [7, 11) is -3.58. The molecular formula is C20H23BrN2O3S. The minimum atomic E-state index is -3.58. The van der Waals surface area contributed by atoms with Crippen LogP contribution in [0.2, 0.25) is 0 Å². The lowest BCUT2D eigenvalue weighted by Crippen LogP contribution is -2.43. The molecule has 0 spiro atoms. The summed E-state index contributed by atoms with van der Waals surface area (Å²) in [5.41, 5.74) is 2.76. The van der Waals surface area contributed by atoms with Crippen LogP contribution >= 0.6 is 15.9 Å². The Balaban J connectivity index is 1.72. The molecule has 0 bridgehead atoms. The van der Waals surface area contributed by atoms with E-state index in [4.69, 9.17) is 0 Å². The van der Waals surface area contributed by atoms with Crippen LogP contribution in [0, 0.1) is 19.8 Å². The molecule has 1 saturated heterocycles. The van der Waals surface area contributed by atoms with E-state index in [0.717, 1.165) is 21.3 Å². The minimum Gasteiger partial charge on any atom is -0.326 e. The van der Waals surface area contributed by atoms with Crippen molar-refractivity contribution >= 4 is 37.5 Å². The number of nitrogens with one attached hydrogen (secondary N) is 1. The van der Waals surface area contributed by atoms with Crippen LogP contribution in [0.5, 0.6) is 0 Å². The van der Waals surface area contributed by atoms with Crippen molar-refractivity contribution in [3.63, 3.8) is 0 Å². The lowest BCUT2D eigenvalue weighted by atomic mass is 9.98. The molecule has 0 radical (unpaired) electrons. The van der Waals surface area contributed by atoms with Gasteiger partial charge in [0.15, 0.2) is 0 Å². The number of hydrogen-bond donors (Lipinski definition) is 1. The van der Waals surface area contributed by atoms with Gasteiger partial charge in [0.05, 0.1) is 10.8 Å². The summed E-state index contributed by atoms with van der Waals surface area (Å²) in [6.07, 6.45) is 1.35. The van der Waals surface area contributed by atoms with E-state index in [2.05, 4.69) is 21.2 Å². The van der Waals surface area contributed by atoms with Crippen LogP contribution in [0.15, 0.2) is 51.8 Å². The number of amides is 1. The lowest BCUT2D eigenvalue weighted by molar-refractivity contribution is -0.120. The van der Waals surface area contributed by atoms with Crippen molar-refractivity contribution in [2.24, 2.45) is 5.92 Å². The number of benzene rings is 2. The number of hydrogen-bond acceptors (Lipinski definition) is 3. The molecule has 27 heavy (non-hydrogen) atoms. The van der Waals surface area contributed by atoms with Crippen LogP contribution in [0.4, 0.5) is 5.69 Å². The third kappa shape index (κ3) is 4.59. The molecule has 0 saturated carbocycles. The predicted molar refractivity (Wildman–Crippen MR) is 110 cm³/mol. The molecule has 5 nitrogen and oxygen atoms in total. The SMILES string of the molecule is Cc1ccc(S(=O)(=O)N2CCC[C@@H](C(=O)Nc3ccc(Br)c(C)c3)C2)cc1. The van der Waals surface area contributed by atoms with Crippen molar-refractivity contribution in [2.75, 3.05) is 18.4 Å². The van der Waals surface area contributed by atoms with Crippen LogP contribution in [0.1, 0.15) is 24.0 Å². The van der Waals surface area contributed by atoms with Gasteiger partial charge < -0.3 is 5.32 Å². The molecule has 0 aromatic heterocycles. The second kappa shape index (κ2) is 8.12. The Bertz CT molecular complexity index is 942. The predicted octanol–water partition coefficient (Wildman–Crippen LogP) is 4.11. The van der Waals surface area contributed by atoms with Crippen molar-refractivity contribution in [1.82, 2.24) is 4.31 Å². The Labute approximate surface area is 169 Å². The summed E-state index contributed by atoms with van der Waals surface area (Å²) in [6.45, 7) is 4.52. The summed E-state index contributed by atoms with van der Waals surface area (Å²) >= 11 is 3.44. The van der Waals surface area contributed by atoms with Gasteiger partial charge >= 0.3 is 0 Å². The van der Waals surface area contributed by atoms with E-state index >= 15 is 0 Å². The Kier molecular flexibility index (Phi) is 6.03. The molecular weight excluding hydrogens is 428 g/mol. The summed E-state index contributed by atoms with van der Waals surface area (Å²) in [5.74, 6) is -0.497. The van der Waals surface area contributed by atoms with Gasteiger partial charge in [-0.05, 0) is 62.6 Å². The first-order valence-electron chi connectivity index (χ1n) is 8.91. The fourth-order valence-electron chi connectivity index (χ4n) is 3.20. The molecule has 1 fully saturated rings. The van der Waals surface area contributed by atoms with Crippen molar-refractivity contribution in [3.05, 3.63) is 58.1 Å². The highest BCUT2D eigenvalue weighted by molar-refractivity contribution is 9.10. The van der Waals surface area contributed by atoms with Gasteiger partial charge in [-0.25, -0.2) is 8.42 Å². The van der Waals surface area contributed by atoms with Crippen LogP contribution in [0.25, 0.3) is 0 Å². The number of piperidine rings is 1. The van der Waals surface area contributed by atoms with Gasteiger partial charge in [-0.1, -0.05) is 33.6 Å². The molecule has 2 aromatic carbocycles. The first-order valence-corrected chi connectivity index (χ1v) is 11.1. The first-order chi connectivity index (χ1) is 12.8. The van der Waals surface area contributed by atoms with Crippen LogP contribution in [0.3, 0.4) is 0 Å². The van der Waals surface area contributed by atoms with Crippen molar-refractivity contribution in [3.8, 4) is 0 Å². The molecule has 1 atom stereocenters. The number of carbonyl (C=O) groups excluding carboxylic acids is 1. The number of rotatable bonds is 4. The second-order valence-electron chi connectivity index (χ2n) is 6.97. The monoisotopic (exact) mass is 450 g/mol. The Morgan fingerprint density at radius 3 is 2.52 bits per heavy atom. The van der Waals surface area contributed by atoms with E-state index in [0.29, 0.717) is 19.4 Å². The highest BCUT2D eigenvalue weighted by atomic mass is 79.9. The van der Waals surface area contributed by atoms with Crippen molar-refractivity contribution in [2.45, 2.75) is 31.6 Å². The first kappa shape index (κ1) is 20.0. The summed E-state index contributed by atoms with van der Waals surface area (Å²) in [6, 6.07) is 12.4. The Hall–Kier alpha value is -1.70. The molecule has 2 aromatic rings. The normalized spacial score (nSPS) is 18.3. The number of carbonyl (C=O) groups is 1. The maximum Gasteiger partial charge on any atom is 0.243 e. The largest absolute Gasteiger partial charge is 0.326 e. The van der Waals surface area contributed by atoms with Crippen molar-refractivity contribution in [1.29, 1.82) is 0 Å². The van der Waals surface area contributed by atoms with E-state index in [1.165, 1.54) is 4.31 Å². The van der Waals surface area contributed by atoms with Gasteiger partial charge in [-0.2, -0.15) is 4.31 Å². The highest BCUT2D eigenvalue weighted by Gasteiger charge is 2.33. The van der Waals surface area contributed by atoms with E-state index in [1.54, 1.807) is 24.3 Å². The zero-order valence-electron chi connectivity index (χ0n) is 15.4. The summed E-state index contributed by atoms with van der Waals surface area (Å²) in [5, 5.41) is 2.92. The van der Waals surface area contributed by atoms with E-state index < -0.39 is 10.0 Å². The van der Waals surface area contributed by atoms with E-state index in [1.807, 2.05) is 32.0 Å². The van der Waals surface area contributed by atoms with Gasteiger partial charge in [-0.3, -0.25) is 4.79 Å². The number of aryl methyl sites for hydroxylation is 2. The van der Waals surface area contributed by atoms with Crippen molar-refractivity contribution < 1.29 is 13.2 Å². The molecule has 1 aliphatic rings. The number of nitrogens with zero attached hydrogens (tertiary/aromatic N) is 1. The molecule has 3 rings (SSSR count). The van der Waals surface area contributed by atoms with Gasteiger partial charge in [0.2, 0.25) is 15.9 Å². The maximum absolute atomic E-state index is 12.9. The Morgan fingerprint density at radius 1 is 1.15 bits per heavy atom. The minimum absolute atomic E-state index is 0.138. The lowest BCUT2D eigenvalue weighted by Gasteiger charge is -2.31. The molecule has 1 amide bonds. The smallest absolute Gasteiger partial charge is 0.243 e. The van der Waals surface area contributed by atoms with Gasteiger partial charge in [0.1, 0.15) is 0 Å². The zero-order chi connectivity index (χ0) is 19.6. The molecule has 1 aliphatic heterocycles. The standard InChI is InChI=1S/C20H23BrN2O3S/c1-14-5-8-18(9-6-14)27(25,26)23-11-3-4-16(13-23)20(24)22-17-7-10-19(21)15(2)12-17/h5-10,12,16H,3-4,11,13H2,1-2H3,(H,22,24)/t16-/m1/s1. The quantitative estimate of drug-likeness (QED) is 0.761. The molecule has 144 valence electrons. The fourth-order valence-corrected chi connectivity index (χ4v) is 4.97. The molecule has 0 aliphatic carbocycles. The van der Waals surface area contributed by atoms with Gasteiger partial charge in [-0.15, -0.1) is 0 Å². The number of halogens is 1. The average molecular weight is 451 g/mol. The molecule has 0 unspecified atom stereocenters. The van der Waals surface area contributed by atoms with Gasteiger partial charge in [0, 0.05) is 23.2 Å². The summed E-state index contributed by atoms with van der Waals surface area (Å²) in [4.78, 5) is 12.9. The number of anilines is 1. The van der Waals surface area contributed by atoms with E-state index in [-0.39, 0.29) is 23.3 Å².